The van der Waals surface area contributed by atoms with Crippen molar-refractivity contribution >= 4 is 11.9 Å². The second-order valence-electron chi connectivity index (χ2n) is 4.44. The Morgan fingerprint density at radius 2 is 1.55 bits per heavy atom. The predicted octanol–water partition coefficient (Wildman–Crippen LogP) is 2.94. The van der Waals surface area contributed by atoms with Crippen molar-refractivity contribution in [2.75, 3.05) is 21.3 Å². The molecule has 0 saturated carbocycles. The third-order valence-corrected chi connectivity index (χ3v) is 3.24. The van der Waals surface area contributed by atoms with Crippen LogP contribution in [0.2, 0.25) is 0 Å². The van der Waals surface area contributed by atoms with E-state index in [0.29, 0.717) is 11.3 Å². The average molecular weight is 300 g/mol. The number of carbonyl (C=O) groups is 2. The van der Waals surface area contributed by atoms with E-state index < -0.39 is 11.9 Å². The number of benzene rings is 2. The van der Waals surface area contributed by atoms with E-state index in [1.165, 1.54) is 20.3 Å². The molecule has 5 nitrogen and oxygen atoms in total. The molecule has 0 bridgehead atoms. The van der Waals surface area contributed by atoms with Crippen LogP contribution >= 0.6 is 0 Å². The van der Waals surface area contributed by atoms with Gasteiger partial charge in [-0.15, -0.1) is 0 Å². The first-order chi connectivity index (χ1) is 10.6. The van der Waals surface area contributed by atoms with Crippen LogP contribution in [0.25, 0.3) is 11.1 Å². The molecule has 22 heavy (non-hydrogen) atoms. The summed E-state index contributed by atoms with van der Waals surface area (Å²) in [4.78, 5) is 24.0. The van der Waals surface area contributed by atoms with Gasteiger partial charge < -0.3 is 14.2 Å². The van der Waals surface area contributed by atoms with Crippen LogP contribution in [0.1, 0.15) is 20.7 Å². The lowest BCUT2D eigenvalue weighted by Crippen LogP contribution is -2.13. The molecule has 2 rings (SSSR count). The molecule has 0 N–H and O–H groups in total. The van der Waals surface area contributed by atoms with Crippen LogP contribution in [0, 0.1) is 0 Å². The molecule has 0 heterocycles. The molecular weight excluding hydrogens is 284 g/mol. The molecule has 0 fully saturated rings. The van der Waals surface area contributed by atoms with Gasteiger partial charge in [0.05, 0.1) is 32.5 Å². The van der Waals surface area contributed by atoms with Gasteiger partial charge in [-0.1, -0.05) is 24.3 Å². The fourth-order valence-corrected chi connectivity index (χ4v) is 2.19. The summed E-state index contributed by atoms with van der Waals surface area (Å²) < 4.78 is 14.7. The number of ether oxygens (including phenoxy) is 3. The van der Waals surface area contributed by atoms with Gasteiger partial charge in [0.2, 0.25) is 0 Å². The van der Waals surface area contributed by atoms with Gasteiger partial charge in [-0.3, -0.25) is 0 Å². The van der Waals surface area contributed by atoms with Gasteiger partial charge in [-0.25, -0.2) is 9.59 Å². The largest absolute Gasteiger partial charge is 0.497 e. The van der Waals surface area contributed by atoms with Crippen molar-refractivity contribution in [2.45, 2.75) is 0 Å². The summed E-state index contributed by atoms with van der Waals surface area (Å²) in [5.74, 6) is -0.541. The highest BCUT2D eigenvalue weighted by molar-refractivity contribution is 6.07. The highest BCUT2D eigenvalue weighted by Gasteiger charge is 2.22. The van der Waals surface area contributed by atoms with Crippen LogP contribution < -0.4 is 4.74 Å². The van der Waals surface area contributed by atoms with Gasteiger partial charge in [0.15, 0.2) is 0 Å². The van der Waals surface area contributed by atoms with E-state index in [1.54, 1.807) is 37.4 Å². The van der Waals surface area contributed by atoms with Crippen molar-refractivity contribution in [3.05, 3.63) is 53.6 Å². The maximum absolute atomic E-state index is 12.1. The van der Waals surface area contributed by atoms with Gasteiger partial charge in [0.25, 0.3) is 0 Å². The van der Waals surface area contributed by atoms with Crippen LogP contribution in [-0.4, -0.2) is 33.3 Å². The Balaban J connectivity index is 2.69. The fourth-order valence-electron chi connectivity index (χ4n) is 2.19. The molecule has 0 atom stereocenters. The highest BCUT2D eigenvalue weighted by Crippen LogP contribution is 2.30. The van der Waals surface area contributed by atoms with Crippen LogP contribution in [0.5, 0.6) is 5.75 Å². The fraction of sp³-hybridized carbons (Fsp3) is 0.176. The predicted molar refractivity (Wildman–Crippen MR) is 81.1 cm³/mol. The SMILES string of the molecule is COC(=O)c1cccc(-c2cccc(OC)c2)c1C(=O)OC. The molecule has 0 saturated heterocycles. The summed E-state index contributed by atoms with van der Waals surface area (Å²) in [6.07, 6.45) is 0. The minimum Gasteiger partial charge on any atom is -0.497 e. The zero-order valence-electron chi connectivity index (χ0n) is 12.6. The molecule has 0 radical (unpaired) electrons. The number of hydrogen-bond donors (Lipinski definition) is 0. The highest BCUT2D eigenvalue weighted by atomic mass is 16.5. The van der Waals surface area contributed by atoms with E-state index in [2.05, 4.69) is 0 Å². The van der Waals surface area contributed by atoms with Crippen molar-refractivity contribution < 1.29 is 23.8 Å². The van der Waals surface area contributed by atoms with Gasteiger partial charge in [0.1, 0.15) is 5.75 Å². The molecule has 0 amide bonds. The Hall–Kier alpha value is -2.82. The summed E-state index contributed by atoms with van der Waals surface area (Å²) in [7, 11) is 4.10. The van der Waals surface area contributed by atoms with Crippen molar-refractivity contribution in [1.29, 1.82) is 0 Å². The zero-order chi connectivity index (χ0) is 16.1. The van der Waals surface area contributed by atoms with E-state index in [1.807, 2.05) is 6.07 Å². The summed E-state index contributed by atoms with van der Waals surface area (Å²) in [6, 6.07) is 12.2. The molecule has 0 aliphatic heterocycles. The lowest BCUT2D eigenvalue weighted by Gasteiger charge is -2.12. The Bertz CT molecular complexity index is 706. The number of carbonyl (C=O) groups excluding carboxylic acids is 2. The van der Waals surface area contributed by atoms with Crippen LogP contribution in [0.15, 0.2) is 42.5 Å². The lowest BCUT2D eigenvalue weighted by atomic mass is 9.95. The van der Waals surface area contributed by atoms with Gasteiger partial charge >= 0.3 is 11.9 Å². The molecule has 2 aromatic carbocycles. The third kappa shape index (κ3) is 2.93. The quantitative estimate of drug-likeness (QED) is 0.812. The molecule has 114 valence electrons. The van der Waals surface area contributed by atoms with Gasteiger partial charge in [-0.05, 0) is 29.3 Å². The molecular formula is C17H16O5. The Morgan fingerprint density at radius 1 is 0.864 bits per heavy atom. The van der Waals surface area contributed by atoms with Crippen LogP contribution in [-0.2, 0) is 9.47 Å². The van der Waals surface area contributed by atoms with Crippen molar-refractivity contribution in [2.24, 2.45) is 0 Å². The first kappa shape index (κ1) is 15.6. The van der Waals surface area contributed by atoms with E-state index >= 15 is 0 Å². The minimum absolute atomic E-state index is 0.162. The lowest BCUT2D eigenvalue weighted by molar-refractivity contribution is 0.0556. The van der Waals surface area contributed by atoms with E-state index in [9.17, 15) is 9.59 Å². The maximum Gasteiger partial charge on any atom is 0.339 e. The van der Waals surface area contributed by atoms with E-state index in [0.717, 1.165) is 5.56 Å². The number of esters is 2. The van der Waals surface area contributed by atoms with Crippen molar-refractivity contribution in [3.63, 3.8) is 0 Å². The second kappa shape index (κ2) is 6.76. The maximum atomic E-state index is 12.1. The number of hydrogen-bond acceptors (Lipinski definition) is 5. The second-order valence-corrected chi connectivity index (χ2v) is 4.44. The molecule has 0 spiro atoms. The molecule has 0 aliphatic carbocycles. The molecule has 2 aromatic rings. The van der Waals surface area contributed by atoms with Gasteiger partial charge in [0, 0.05) is 0 Å². The molecule has 0 unspecified atom stereocenters. The monoisotopic (exact) mass is 300 g/mol. The Kier molecular flexibility index (Phi) is 4.78. The smallest absolute Gasteiger partial charge is 0.339 e. The van der Waals surface area contributed by atoms with E-state index in [-0.39, 0.29) is 11.1 Å². The summed E-state index contributed by atoms with van der Waals surface area (Å²) in [5.41, 5.74) is 1.65. The number of rotatable bonds is 4. The molecule has 0 aromatic heterocycles. The van der Waals surface area contributed by atoms with Crippen molar-refractivity contribution in [1.82, 2.24) is 0 Å². The van der Waals surface area contributed by atoms with Crippen molar-refractivity contribution in [3.8, 4) is 16.9 Å². The first-order valence-electron chi connectivity index (χ1n) is 6.56. The topological polar surface area (TPSA) is 61.8 Å². The normalized spacial score (nSPS) is 9.95. The van der Waals surface area contributed by atoms with Gasteiger partial charge in [-0.2, -0.15) is 0 Å². The summed E-state index contributed by atoms with van der Waals surface area (Å²) in [5, 5.41) is 0. The number of methoxy groups -OCH3 is 3. The van der Waals surface area contributed by atoms with Crippen LogP contribution in [0.4, 0.5) is 0 Å². The molecule has 0 aliphatic rings. The zero-order valence-corrected chi connectivity index (χ0v) is 12.6. The standard InChI is InChI=1S/C17H16O5/c1-20-12-7-4-6-11(10-12)13-8-5-9-14(16(18)21-2)15(13)17(19)22-3/h4-10H,1-3H3. The Morgan fingerprint density at radius 3 is 2.18 bits per heavy atom. The summed E-state index contributed by atoms with van der Waals surface area (Å²) >= 11 is 0. The minimum atomic E-state index is -0.598. The molecule has 5 heteroatoms. The first-order valence-corrected chi connectivity index (χ1v) is 6.56. The third-order valence-electron chi connectivity index (χ3n) is 3.24. The van der Waals surface area contributed by atoms with Crippen LogP contribution in [0.3, 0.4) is 0 Å². The van der Waals surface area contributed by atoms with E-state index in [4.69, 9.17) is 14.2 Å². The Labute approximate surface area is 128 Å². The average Bonchev–Trinajstić information content (AvgIpc) is 2.59. The summed E-state index contributed by atoms with van der Waals surface area (Å²) in [6.45, 7) is 0.